The molecule has 2 aromatic rings. The van der Waals surface area contributed by atoms with Crippen molar-refractivity contribution >= 4 is 17.3 Å². The molecule has 1 fully saturated rings. The zero-order chi connectivity index (χ0) is 22.7. The minimum absolute atomic E-state index is 0.00548. The van der Waals surface area contributed by atoms with Gasteiger partial charge in [-0.15, -0.1) is 0 Å². The summed E-state index contributed by atoms with van der Waals surface area (Å²) in [6.45, 7) is 7.14. The fraction of sp³-hybridized carbons (Fsp3) is 0.440. The molecule has 32 heavy (non-hydrogen) atoms. The predicted molar refractivity (Wildman–Crippen MR) is 124 cm³/mol. The summed E-state index contributed by atoms with van der Waals surface area (Å²) in [6.07, 6.45) is 3.37. The maximum atomic E-state index is 13.2. The second kappa shape index (κ2) is 9.61. The van der Waals surface area contributed by atoms with E-state index in [-0.39, 0.29) is 17.6 Å². The number of hydrogen-bond acceptors (Lipinski definition) is 5. The van der Waals surface area contributed by atoms with Crippen molar-refractivity contribution in [3.63, 3.8) is 0 Å². The third-order valence-corrected chi connectivity index (χ3v) is 6.56. The van der Waals surface area contributed by atoms with E-state index in [1.165, 1.54) is 30.5 Å². The van der Waals surface area contributed by atoms with Crippen LogP contribution < -0.4 is 0 Å². The van der Waals surface area contributed by atoms with Gasteiger partial charge in [-0.05, 0) is 49.9 Å². The van der Waals surface area contributed by atoms with E-state index < -0.39 is 4.92 Å². The summed E-state index contributed by atoms with van der Waals surface area (Å²) in [5.41, 5.74) is 3.95. The quantitative estimate of drug-likeness (QED) is 0.487. The molecule has 2 heterocycles. The van der Waals surface area contributed by atoms with Crippen molar-refractivity contribution in [2.75, 3.05) is 19.6 Å². The van der Waals surface area contributed by atoms with E-state index >= 15 is 0 Å². The SMILES string of the molecule is Cc1ccc(C2=NN(C(=O)CCN3CCC(C)CC3)[C@H](c3ccc([N+](=O)[O-])cc3)C2)cc1. The Morgan fingerprint density at radius 1 is 1.09 bits per heavy atom. The van der Waals surface area contributed by atoms with Crippen LogP contribution in [-0.2, 0) is 4.79 Å². The fourth-order valence-corrected chi connectivity index (χ4v) is 4.39. The van der Waals surface area contributed by atoms with Gasteiger partial charge in [-0.25, -0.2) is 5.01 Å². The molecule has 7 nitrogen and oxygen atoms in total. The molecule has 2 aliphatic rings. The number of nitrogens with zero attached hydrogens (tertiary/aromatic N) is 4. The van der Waals surface area contributed by atoms with Crippen LogP contribution in [0, 0.1) is 23.0 Å². The number of nitro benzene ring substituents is 1. The molecule has 0 radical (unpaired) electrons. The number of hydrazone groups is 1. The second-order valence-corrected chi connectivity index (χ2v) is 8.99. The van der Waals surface area contributed by atoms with Gasteiger partial charge in [-0.2, -0.15) is 5.10 Å². The molecule has 1 amide bonds. The molecule has 0 aliphatic carbocycles. The van der Waals surface area contributed by atoms with E-state index in [1.807, 2.05) is 31.2 Å². The Hall–Kier alpha value is -3.06. The number of carbonyl (C=O) groups is 1. The van der Waals surface area contributed by atoms with Gasteiger partial charge in [0.05, 0.1) is 16.7 Å². The number of non-ortho nitro benzene ring substituents is 1. The molecule has 2 aliphatic heterocycles. The molecule has 168 valence electrons. The Labute approximate surface area is 188 Å². The highest BCUT2D eigenvalue weighted by molar-refractivity contribution is 6.03. The number of carbonyl (C=O) groups excluding carboxylic acids is 1. The minimum atomic E-state index is -0.408. The Bertz CT molecular complexity index is 993. The zero-order valence-electron chi connectivity index (χ0n) is 18.7. The molecule has 1 saturated heterocycles. The first-order valence-electron chi connectivity index (χ1n) is 11.3. The van der Waals surface area contributed by atoms with E-state index in [0.717, 1.165) is 42.4 Å². The molecule has 0 bridgehead atoms. The smallest absolute Gasteiger partial charge is 0.269 e. The number of aryl methyl sites for hydroxylation is 1. The summed E-state index contributed by atoms with van der Waals surface area (Å²) in [5, 5.41) is 17.4. The molecule has 0 spiro atoms. The highest BCUT2D eigenvalue weighted by Crippen LogP contribution is 2.34. The van der Waals surface area contributed by atoms with Crippen molar-refractivity contribution in [1.29, 1.82) is 0 Å². The third kappa shape index (κ3) is 5.05. The van der Waals surface area contributed by atoms with E-state index in [1.54, 1.807) is 17.1 Å². The number of piperidine rings is 1. The lowest BCUT2D eigenvalue weighted by atomic mass is 9.97. The van der Waals surface area contributed by atoms with E-state index in [2.05, 4.69) is 11.8 Å². The van der Waals surface area contributed by atoms with Crippen LogP contribution in [0.2, 0.25) is 0 Å². The summed E-state index contributed by atoms with van der Waals surface area (Å²) in [7, 11) is 0. The molecule has 2 aromatic carbocycles. The number of likely N-dealkylation sites (tertiary alicyclic amines) is 1. The Balaban J connectivity index is 1.53. The van der Waals surface area contributed by atoms with Crippen LogP contribution >= 0.6 is 0 Å². The summed E-state index contributed by atoms with van der Waals surface area (Å²) >= 11 is 0. The van der Waals surface area contributed by atoms with Gasteiger partial charge in [0.1, 0.15) is 0 Å². The fourth-order valence-electron chi connectivity index (χ4n) is 4.39. The molecule has 0 aromatic heterocycles. The summed E-state index contributed by atoms with van der Waals surface area (Å²) in [5.74, 6) is 0.753. The van der Waals surface area contributed by atoms with Gasteiger partial charge in [0, 0.05) is 31.5 Å². The number of nitro groups is 1. The molecule has 0 saturated carbocycles. The van der Waals surface area contributed by atoms with Crippen molar-refractivity contribution in [2.24, 2.45) is 11.0 Å². The van der Waals surface area contributed by atoms with Crippen LogP contribution in [0.15, 0.2) is 53.6 Å². The van der Waals surface area contributed by atoms with Crippen LogP contribution in [0.25, 0.3) is 0 Å². The van der Waals surface area contributed by atoms with Crippen LogP contribution in [0.4, 0.5) is 5.69 Å². The van der Waals surface area contributed by atoms with Crippen molar-refractivity contribution in [3.05, 3.63) is 75.3 Å². The average Bonchev–Trinajstić information content (AvgIpc) is 3.24. The lowest BCUT2D eigenvalue weighted by Crippen LogP contribution is -2.36. The van der Waals surface area contributed by atoms with Gasteiger partial charge in [-0.3, -0.25) is 14.9 Å². The lowest BCUT2D eigenvalue weighted by molar-refractivity contribution is -0.384. The van der Waals surface area contributed by atoms with Gasteiger partial charge < -0.3 is 4.90 Å². The monoisotopic (exact) mass is 434 g/mol. The lowest BCUT2D eigenvalue weighted by Gasteiger charge is -2.30. The Kier molecular flexibility index (Phi) is 6.65. The summed E-state index contributed by atoms with van der Waals surface area (Å²) in [6, 6.07) is 14.4. The highest BCUT2D eigenvalue weighted by atomic mass is 16.6. The van der Waals surface area contributed by atoms with Crippen molar-refractivity contribution in [1.82, 2.24) is 9.91 Å². The largest absolute Gasteiger partial charge is 0.303 e. The molecular weight excluding hydrogens is 404 g/mol. The average molecular weight is 435 g/mol. The third-order valence-electron chi connectivity index (χ3n) is 6.56. The molecule has 4 rings (SSSR count). The maximum absolute atomic E-state index is 13.2. The number of rotatable bonds is 6. The first kappa shape index (κ1) is 22.1. The first-order valence-corrected chi connectivity index (χ1v) is 11.3. The van der Waals surface area contributed by atoms with Crippen LogP contribution in [0.1, 0.15) is 55.3 Å². The van der Waals surface area contributed by atoms with Crippen molar-refractivity contribution < 1.29 is 9.72 Å². The first-order chi connectivity index (χ1) is 15.4. The second-order valence-electron chi connectivity index (χ2n) is 8.99. The topological polar surface area (TPSA) is 79.0 Å². The highest BCUT2D eigenvalue weighted by Gasteiger charge is 2.33. The molecule has 0 N–H and O–H groups in total. The van der Waals surface area contributed by atoms with Crippen LogP contribution in [-0.4, -0.2) is 46.1 Å². The van der Waals surface area contributed by atoms with Crippen LogP contribution in [0.5, 0.6) is 0 Å². The maximum Gasteiger partial charge on any atom is 0.269 e. The minimum Gasteiger partial charge on any atom is -0.303 e. The number of hydrogen-bond donors (Lipinski definition) is 0. The van der Waals surface area contributed by atoms with Gasteiger partial charge in [0.15, 0.2) is 0 Å². The Morgan fingerprint density at radius 2 is 1.75 bits per heavy atom. The Morgan fingerprint density at radius 3 is 2.38 bits per heavy atom. The van der Waals surface area contributed by atoms with Gasteiger partial charge in [0.25, 0.3) is 5.69 Å². The molecule has 0 unspecified atom stereocenters. The van der Waals surface area contributed by atoms with Gasteiger partial charge in [-0.1, -0.05) is 48.9 Å². The summed E-state index contributed by atoms with van der Waals surface area (Å²) < 4.78 is 0. The molecular formula is C25H30N4O3. The van der Waals surface area contributed by atoms with Crippen LogP contribution in [0.3, 0.4) is 0 Å². The van der Waals surface area contributed by atoms with E-state index in [0.29, 0.717) is 12.8 Å². The normalized spacial score (nSPS) is 19.8. The standard InChI is InChI=1S/C25H30N4O3/c1-18-3-5-20(6-4-18)23-17-24(21-7-9-22(10-8-21)29(31)32)28(26-23)25(30)13-16-27-14-11-19(2)12-15-27/h3-10,19,24H,11-17H2,1-2H3/t24-/m0/s1. The summed E-state index contributed by atoms with van der Waals surface area (Å²) in [4.78, 5) is 26.2. The zero-order valence-corrected chi connectivity index (χ0v) is 18.7. The van der Waals surface area contributed by atoms with Gasteiger partial charge in [0.2, 0.25) is 5.91 Å². The van der Waals surface area contributed by atoms with E-state index in [9.17, 15) is 14.9 Å². The van der Waals surface area contributed by atoms with Crippen molar-refractivity contribution in [2.45, 2.75) is 45.6 Å². The molecule has 1 atom stereocenters. The number of amides is 1. The number of benzene rings is 2. The van der Waals surface area contributed by atoms with Crippen molar-refractivity contribution in [3.8, 4) is 0 Å². The van der Waals surface area contributed by atoms with Gasteiger partial charge >= 0.3 is 0 Å². The van der Waals surface area contributed by atoms with E-state index in [4.69, 9.17) is 5.10 Å². The predicted octanol–water partition coefficient (Wildman–Crippen LogP) is 4.70. The molecule has 7 heteroatoms.